The Kier molecular flexibility index (Phi) is 4.63. The zero-order valence-electron chi connectivity index (χ0n) is 8.46. The van der Waals surface area contributed by atoms with E-state index in [4.69, 9.17) is 4.74 Å². The number of carbonyl (C=O) groups excluding carboxylic acids is 1. The van der Waals surface area contributed by atoms with E-state index in [1.807, 2.05) is 6.26 Å². The first-order valence-electron chi connectivity index (χ1n) is 3.85. The zero-order valence-corrected chi connectivity index (χ0v) is 9.27. The molecule has 0 saturated carbocycles. The molecule has 0 aromatic rings. The highest BCUT2D eigenvalue weighted by atomic mass is 32.2. The number of rotatable bonds is 4. The van der Waals surface area contributed by atoms with Gasteiger partial charge in [0, 0.05) is 6.92 Å². The van der Waals surface area contributed by atoms with Crippen molar-refractivity contribution in [2.45, 2.75) is 12.4 Å². The number of thioether (sulfide) groups is 1. The van der Waals surface area contributed by atoms with Gasteiger partial charge in [0.15, 0.2) is 5.44 Å². The molecule has 0 aliphatic heterocycles. The first-order chi connectivity index (χ1) is 5.35. The fourth-order valence-electron chi connectivity index (χ4n) is 0.792. The minimum atomic E-state index is -0.206. The summed E-state index contributed by atoms with van der Waals surface area (Å²) in [4.78, 5) is 10.7. The molecule has 4 heteroatoms. The van der Waals surface area contributed by atoms with Gasteiger partial charge in [-0.3, -0.25) is 4.79 Å². The van der Waals surface area contributed by atoms with Gasteiger partial charge in [-0.15, -0.1) is 11.8 Å². The summed E-state index contributed by atoms with van der Waals surface area (Å²) in [5.41, 5.74) is -0.0255. The van der Waals surface area contributed by atoms with Gasteiger partial charge in [-0.2, -0.15) is 0 Å². The van der Waals surface area contributed by atoms with Crippen LogP contribution in [-0.4, -0.2) is 49.8 Å². The Labute approximate surface area is 78.7 Å². The quantitative estimate of drug-likeness (QED) is 0.377. The van der Waals surface area contributed by atoms with Crippen LogP contribution in [0, 0.1) is 0 Å². The van der Waals surface area contributed by atoms with Gasteiger partial charge in [0.05, 0.1) is 21.1 Å². The van der Waals surface area contributed by atoms with Gasteiger partial charge in [0.1, 0.15) is 6.54 Å². The van der Waals surface area contributed by atoms with Gasteiger partial charge in [0.25, 0.3) is 0 Å². The second-order valence-electron chi connectivity index (χ2n) is 3.75. The van der Waals surface area contributed by atoms with Gasteiger partial charge in [-0.25, -0.2) is 0 Å². The van der Waals surface area contributed by atoms with E-state index in [0.29, 0.717) is 0 Å². The summed E-state index contributed by atoms with van der Waals surface area (Å²) in [7, 11) is 6.23. The van der Waals surface area contributed by atoms with Crippen molar-refractivity contribution >= 4 is 17.7 Å². The van der Waals surface area contributed by atoms with Crippen LogP contribution in [0.4, 0.5) is 0 Å². The van der Waals surface area contributed by atoms with E-state index >= 15 is 0 Å². The molecule has 0 amide bonds. The lowest BCUT2D eigenvalue weighted by molar-refractivity contribution is -0.871. The zero-order chi connectivity index (χ0) is 9.78. The molecule has 0 heterocycles. The van der Waals surface area contributed by atoms with E-state index < -0.39 is 0 Å². The lowest BCUT2D eigenvalue weighted by Gasteiger charge is -2.27. The molecule has 1 atom stereocenters. The lowest BCUT2D eigenvalue weighted by atomic mass is 10.5. The molecule has 0 aromatic carbocycles. The van der Waals surface area contributed by atoms with Gasteiger partial charge in [-0.1, -0.05) is 0 Å². The molecule has 0 fully saturated rings. The summed E-state index contributed by atoms with van der Waals surface area (Å²) >= 11 is 1.57. The smallest absolute Gasteiger partial charge is 0.303 e. The third-order valence-electron chi connectivity index (χ3n) is 1.26. The maximum absolute atomic E-state index is 10.7. The first kappa shape index (κ1) is 11.8. The Bertz CT molecular complexity index is 154. The number of quaternary nitrogens is 1. The predicted octanol–water partition coefficient (Wildman–Crippen LogP) is 0.945. The van der Waals surface area contributed by atoms with E-state index in [9.17, 15) is 4.79 Å². The largest absolute Gasteiger partial charge is 0.445 e. The van der Waals surface area contributed by atoms with Crippen LogP contribution in [-0.2, 0) is 9.53 Å². The van der Waals surface area contributed by atoms with Crippen molar-refractivity contribution in [3.63, 3.8) is 0 Å². The van der Waals surface area contributed by atoms with E-state index in [2.05, 4.69) is 21.1 Å². The average molecular weight is 192 g/mol. The second-order valence-corrected chi connectivity index (χ2v) is 4.74. The highest BCUT2D eigenvalue weighted by molar-refractivity contribution is 7.99. The molecule has 0 unspecified atom stereocenters. The number of carbonyl (C=O) groups is 1. The molecule has 0 aliphatic rings. The molecular formula is C8H18NO2S+. The summed E-state index contributed by atoms with van der Waals surface area (Å²) in [6.07, 6.45) is 1.95. The van der Waals surface area contributed by atoms with Crippen LogP contribution in [0.15, 0.2) is 0 Å². The third-order valence-corrected chi connectivity index (χ3v) is 2.03. The Balaban J connectivity index is 3.92. The van der Waals surface area contributed by atoms with Crippen LogP contribution in [0.5, 0.6) is 0 Å². The molecule has 12 heavy (non-hydrogen) atoms. The number of esters is 1. The topological polar surface area (TPSA) is 26.3 Å². The molecule has 0 spiro atoms. The van der Waals surface area contributed by atoms with Crippen molar-refractivity contribution in [3.05, 3.63) is 0 Å². The normalized spacial score (nSPS) is 14.1. The first-order valence-corrected chi connectivity index (χ1v) is 5.14. The summed E-state index contributed by atoms with van der Waals surface area (Å²) < 4.78 is 5.89. The molecule has 0 aromatic heterocycles. The van der Waals surface area contributed by atoms with Crippen LogP contribution < -0.4 is 0 Å². The molecule has 3 nitrogen and oxygen atoms in total. The SMILES string of the molecule is CS[C@@H](C[N+](C)(C)C)OC(C)=O. The number of likely N-dealkylation sites (N-methyl/N-ethyl adjacent to an activating group) is 1. The van der Waals surface area contributed by atoms with Crippen LogP contribution in [0.3, 0.4) is 0 Å². The van der Waals surface area contributed by atoms with Crippen LogP contribution in [0.25, 0.3) is 0 Å². The standard InChI is InChI=1S/C8H18NO2S/c1-7(10)11-8(12-5)6-9(2,3)4/h8H,6H2,1-5H3/q+1/t8-/m0/s1. The van der Waals surface area contributed by atoms with Crippen LogP contribution >= 0.6 is 11.8 Å². The highest BCUT2D eigenvalue weighted by Gasteiger charge is 2.19. The van der Waals surface area contributed by atoms with Gasteiger partial charge in [0.2, 0.25) is 0 Å². The Morgan fingerprint density at radius 2 is 2.00 bits per heavy atom. The lowest BCUT2D eigenvalue weighted by Crippen LogP contribution is -2.41. The summed E-state index contributed by atoms with van der Waals surface area (Å²) in [6, 6.07) is 0. The van der Waals surface area contributed by atoms with Crippen molar-refractivity contribution in [3.8, 4) is 0 Å². The van der Waals surface area contributed by atoms with Crippen molar-refractivity contribution in [2.75, 3.05) is 33.9 Å². The fraction of sp³-hybridized carbons (Fsp3) is 0.875. The number of nitrogens with zero attached hydrogens (tertiary/aromatic N) is 1. The van der Waals surface area contributed by atoms with E-state index in [1.54, 1.807) is 11.8 Å². The Hall–Kier alpha value is -0.220. The molecule has 0 N–H and O–H groups in total. The molecule has 0 aliphatic carbocycles. The second kappa shape index (κ2) is 4.72. The average Bonchev–Trinajstić information content (AvgIpc) is 1.82. The predicted molar refractivity (Wildman–Crippen MR) is 52.0 cm³/mol. The molecular weight excluding hydrogens is 174 g/mol. The summed E-state index contributed by atoms with van der Waals surface area (Å²) in [5, 5.41) is 0. The van der Waals surface area contributed by atoms with Gasteiger partial charge >= 0.3 is 5.97 Å². The van der Waals surface area contributed by atoms with E-state index in [-0.39, 0.29) is 11.4 Å². The minimum Gasteiger partial charge on any atom is -0.445 e. The summed E-state index contributed by atoms with van der Waals surface area (Å²) in [6.45, 7) is 2.28. The van der Waals surface area contributed by atoms with Gasteiger partial charge < -0.3 is 9.22 Å². The molecule has 0 radical (unpaired) electrons. The fourth-order valence-corrected chi connectivity index (χ4v) is 1.62. The minimum absolute atomic E-state index is 0.0255. The highest BCUT2D eigenvalue weighted by Crippen LogP contribution is 2.11. The number of hydrogen-bond acceptors (Lipinski definition) is 3. The maximum atomic E-state index is 10.7. The van der Waals surface area contributed by atoms with Crippen molar-refractivity contribution in [1.29, 1.82) is 0 Å². The Morgan fingerprint density at radius 1 is 1.50 bits per heavy atom. The number of hydrogen-bond donors (Lipinski definition) is 0. The van der Waals surface area contributed by atoms with Crippen LogP contribution in [0.1, 0.15) is 6.92 Å². The van der Waals surface area contributed by atoms with Gasteiger partial charge in [-0.05, 0) is 6.26 Å². The monoisotopic (exact) mass is 192 g/mol. The van der Waals surface area contributed by atoms with Crippen LogP contribution in [0.2, 0.25) is 0 Å². The summed E-state index contributed by atoms with van der Waals surface area (Å²) in [5.74, 6) is -0.206. The maximum Gasteiger partial charge on any atom is 0.303 e. The van der Waals surface area contributed by atoms with Crippen molar-refractivity contribution < 1.29 is 14.0 Å². The molecule has 72 valence electrons. The van der Waals surface area contributed by atoms with Crippen molar-refractivity contribution in [1.82, 2.24) is 0 Å². The van der Waals surface area contributed by atoms with E-state index in [1.165, 1.54) is 6.92 Å². The third kappa shape index (κ3) is 6.49. The molecule has 0 saturated heterocycles. The van der Waals surface area contributed by atoms with E-state index in [0.717, 1.165) is 11.0 Å². The Morgan fingerprint density at radius 3 is 2.25 bits per heavy atom. The molecule has 0 bridgehead atoms. The number of ether oxygens (including phenoxy) is 1. The molecule has 0 rings (SSSR count). The van der Waals surface area contributed by atoms with Crippen molar-refractivity contribution in [2.24, 2.45) is 0 Å².